The van der Waals surface area contributed by atoms with Gasteiger partial charge < -0.3 is 19.6 Å². The van der Waals surface area contributed by atoms with Crippen LogP contribution in [0.1, 0.15) is 24.1 Å². The number of hydrogen-bond acceptors (Lipinski definition) is 5. The number of aromatic nitrogens is 5. The van der Waals surface area contributed by atoms with Gasteiger partial charge in [0, 0.05) is 23.0 Å². The van der Waals surface area contributed by atoms with Crippen LogP contribution in [0.4, 0.5) is 5.82 Å². The summed E-state index contributed by atoms with van der Waals surface area (Å²) < 4.78 is 7.80. The predicted molar refractivity (Wildman–Crippen MR) is 106 cm³/mol. The molecule has 0 bridgehead atoms. The Labute approximate surface area is 161 Å². The lowest BCUT2D eigenvalue weighted by Crippen LogP contribution is -2.12. The van der Waals surface area contributed by atoms with E-state index in [-0.39, 0.29) is 6.04 Å². The van der Waals surface area contributed by atoms with Crippen LogP contribution in [0, 0.1) is 6.92 Å². The fourth-order valence-corrected chi connectivity index (χ4v) is 3.42. The van der Waals surface area contributed by atoms with E-state index < -0.39 is 0 Å². The van der Waals surface area contributed by atoms with Gasteiger partial charge >= 0.3 is 0 Å². The number of fused-ring (bicyclic) bond motifs is 1. The van der Waals surface area contributed by atoms with E-state index in [2.05, 4.69) is 25.3 Å². The number of rotatable bonds is 5. The zero-order chi connectivity index (χ0) is 19.0. The van der Waals surface area contributed by atoms with E-state index in [9.17, 15) is 0 Å². The Morgan fingerprint density at radius 3 is 2.74 bits per heavy atom. The Hall–Kier alpha value is -3.06. The average molecular weight is 383 g/mol. The maximum Gasteiger partial charge on any atom is 0.162 e. The molecule has 0 spiro atoms. The van der Waals surface area contributed by atoms with Gasteiger partial charge in [-0.1, -0.05) is 11.6 Å². The number of anilines is 1. The molecule has 0 aliphatic heterocycles. The molecule has 27 heavy (non-hydrogen) atoms. The lowest BCUT2D eigenvalue weighted by Gasteiger charge is -2.23. The quantitative estimate of drug-likeness (QED) is 0.538. The van der Waals surface area contributed by atoms with Gasteiger partial charge in [0.25, 0.3) is 0 Å². The summed E-state index contributed by atoms with van der Waals surface area (Å²) in [6.07, 6.45) is 7.05. The molecule has 8 heteroatoms. The van der Waals surface area contributed by atoms with E-state index in [0.717, 1.165) is 22.6 Å². The van der Waals surface area contributed by atoms with Crippen LogP contribution in [0.3, 0.4) is 0 Å². The summed E-state index contributed by atoms with van der Waals surface area (Å²) in [6.45, 7) is 4.02. The number of halogens is 1. The average Bonchev–Trinajstić information content (AvgIpc) is 3.35. The van der Waals surface area contributed by atoms with Crippen molar-refractivity contribution in [1.29, 1.82) is 0 Å². The summed E-state index contributed by atoms with van der Waals surface area (Å²) in [5.74, 6) is 1.41. The number of methoxy groups -OCH3 is 1. The van der Waals surface area contributed by atoms with Crippen molar-refractivity contribution in [3.63, 3.8) is 0 Å². The van der Waals surface area contributed by atoms with Crippen LogP contribution in [0.25, 0.3) is 16.9 Å². The van der Waals surface area contributed by atoms with Crippen molar-refractivity contribution in [3.05, 3.63) is 59.4 Å². The zero-order valence-corrected chi connectivity index (χ0v) is 15.9. The number of benzene rings is 1. The Morgan fingerprint density at radius 2 is 2.00 bits per heavy atom. The fourth-order valence-electron chi connectivity index (χ4n) is 3.21. The van der Waals surface area contributed by atoms with Gasteiger partial charge in [-0.2, -0.15) is 0 Å². The molecule has 0 aliphatic rings. The maximum atomic E-state index is 6.55. The fraction of sp³-hybridized carbons (Fsp3) is 0.211. The zero-order valence-electron chi connectivity index (χ0n) is 15.2. The van der Waals surface area contributed by atoms with Crippen molar-refractivity contribution in [3.8, 4) is 11.4 Å². The molecule has 3 heterocycles. The third-order valence-corrected chi connectivity index (χ3v) is 4.97. The molecule has 0 fully saturated rings. The monoisotopic (exact) mass is 382 g/mol. The highest BCUT2D eigenvalue weighted by Gasteiger charge is 2.21. The second kappa shape index (κ2) is 6.92. The first-order valence-corrected chi connectivity index (χ1v) is 8.89. The first kappa shape index (κ1) is 17.4. The molecule has 4 aromatic rings. The Morgan fingerprint density at radius 1 is 1.22 bits per heavy atom. The Balaban J connectivity index is 1.80. The second-order valence-electron chi connectivity index (χ2n) is 6.23. The van der Waals surface area contributed by atoms with Crippen LogP contribution in [0.5, 0.6) is 5.75 Å². The molecule has 1 unspecified atom stereocenters. The summed E-state index contributed by atoms with van der Waals surface area (Å²) in [6, 6.07) is 5.75. The van der Waals surface area contributed by atoms with Crippen LogP contribution in [0.2, 0.25) is 5.02 Å². The first-order valence-electron chi connectivity index (χ1n) is 8.51. The van der Waals surface area contributed by atoms with Crippen LogP contribution >= 0.6 is 11.6 Å². The van der Waals surface area contributed by atoms with E-state index in [4.69, 9.17) is 16.3 Å². The lowest BCUT2D eigenvalue weighted by molar-refractivity contribution is 0.405. The molecule has 138 valence electrons. The highest BCUT2D eigenvalue weighted by Crippen LogP contribution is 2.39. The van der Waals surface area contributed by atoms with Crippen LogP contribution in [-0.2, 0) is 0 Å². The molecular weight excluding hydrogens is 364 g/mol. The normalized spacial score (nSPS) is 12.3. The minimum absolute atomic E-state index is 0.123. The van der Waals surface area contributed by atoms with Gasteiger partial charge in [0.15, 0.2) is 11.5 Å². The van der Waals surface area contributed by atoms with Crippen LogP contribution in [-0.4, -0.2) is 31.6 Å². The minimum atomic E-state index is -0.123. The molecular formula is C19H19ClN6O. The van der Waals surface area contributed by atoms with Crippen molar-refractivity contribution in [1.82, 2.24) is 24.5 Å². The number of nitrogens with zero attached hydrogens (tertiary/aromatic N) is 4. The third kappa shape index (κ3) is 3.00. The number of nitrogens with one attached hydrogen (secondary N) is 2. The molecule has 1 aromatic carbocycles. The van der Waals surface area contributed by atoms with Crippen molar-refractivity contribution in [2.45, 2.75) is 19.9 Å². The summed E-state index contributed by atoms with van der Waals surface area (Å²) in [5.41, 5.74) is 4.18. The number of ether oxygens (including phenoxy) is 1. The number of hydrogen-bond donors (Lipinski definition) is 2. The van der Waals surface area contributed by atoms with Crippen molar-refractivity contribution in [2.24, 2.45) is 0 Å². The highest BCUT2D eigenvalue weighted by atomic mass is 35.5. The summed E-state index contributed by atoms with van der Waals surface area (Å²) in [7, 11) is 1.67. The largest absolute Gasteiger partial charge is 0.494 e. The summed E-state index contributed by atoms with van der Waals surface area (Å²) in [4.78, 5) is 15.8. The van der Waals surface area contributed by atoms with Crippen molar-refractivity contribution >= 4 is 28.6 Å². The van der Waals surface area contributed by atoms with Crippen LogP contribution < -0.4 is 10.1 Å². The maximum absolute atomic E-state index is 6.55. The van der Waals surface area contributed by atoms with E-state index in [1.54, 1.807) is 13.4 Å². The van der Waals surface area contributed by atoms with E-state index >= 15 is 0 Å². The molecule has 2 N–H and O–H groups in total. The molecule has 1 atom stereocenters. The van der Waals surface area contributed by atoms with E-state index in [1.165, 1.54) is 6.33 Å². The first-order chi connectivity index (χ1) is 13.1. The molecule has 3 aromatic heterocycles. The minimum Gasteiger partial charge on any atom is -0.494 e. The van der Waals surface area contributed by atoms with Gasteiger partial charge in [0.1, 0.15) is 17.6 Å². The second-order valence-corrected chi connectivity index (χ2v) is 6.64. The van der Waals surface area contributed by atoms with Gasteiger partial charge in [0.05, 0.1) is 25.2 Å². The molecule has 0 saturated heterocycles. The SMILES string of the molecule is COc1c(C(C)Nc2ncnc3[nH]cnc23)cc(Cl)c(C)c1-n1cccc1. The molecule has 0 radical (unpaired) electrons. The Bertz CT molecular complexity index is 1090. The van der Waals surface area contributed by atoms with Gasteiger partial charge in [0.2, 0.25) is 0 Å². The third-order valence-electron chi connectivity index (χ3n) is 4.58. The van der Waals surface area contributed by atoms with Crippen LogP contribution in [0.15, 0.2) is 43.2 Å². The molecule has 0 saturated carbocycles. The lowest BCUT2D eigenvalue weighted by atomic mass is 10.0. The van der Waals surface area contributed by atoms with E-state index in [0.29, 0.717) is 22.0 Å². The van der Waals surface area contributed by atoms with E-state index in [1.807, 2.05) is 49.0 Å². The molecule has 7 nitrogen and oxygen atoms in total. The summed E-state index contributed by atoms with van der Waals surface area (Å²) in [5, 5.41) is 4.08. The number of aromatic amines is 1. The highest BCUT2D eigenvalue weighted by molar-refractivity contribution is 6.31. The van der Waals surface area contributed by atoms with Gasteiger partial charge in [-0.3, -0.25) is 0 Å². The van der Waals surface area contributed by atoms with Gasteiger partial charge in [-0.05, 0) is 37.6 Å². The summed E-state index contributed by atoms with van der Waals surface area (Å²) >= 11 is 6.55. The molecule has 0 amide bonds. The smallest absolute Gasteiger partial charge is 0.162 e. The topological polar surface area (TPSA) is 80.7 Å². The predicted octanol–water partition coefficient (Wildman–Crippen LogP) is 4.29. The van der Waals surface area contributed by atoms with Crippen molar-refractivity contribution < 1.29 is 4.74 Å². The number of H-pyrrole nitrogens is 1. The van der Waals surface area contributed by atoms with Gasteiger partial charge in [-0.15, -0.1) is 0 Å². The Kier molecular flexibility index (Phi) is 4.45. The number of imidazole rings is 1. The van der Waals surface area contributed by atoms with Gasteiger partial charge in [-0.25, -0.2) is 15.0 Å². The standard InChI is InChI=1S/C19H19ClN6O/c1-11-14(20)8-13(17(27-3)16(11)26-6-4-5-7-26)12(2)25-19-15-18(22-9-21-15)23-10-24-19/h4-10,12H,1-3H3,(H2,21,22,23,24,25). The molecule has 0 aliphatic carbocycles. The molecule has 4 rings (SSSR count). The van der Waals surface area contributed by atoms with Crippen molar-refractivity contribution in [2.75, 3.05) is 12.4 Å².